The Labute approximate surface area is 108 Å². The van der Waals surface area contributed by atoms with E-state index >= 15 is 0 Å². The van der Waals surface area contributed by atoms with Crippen LogP contribution in [0.25, 0.3) is 10.9 Å². The second-order valence-electron chi connectivity index (χ2n) is 3.74. The van der Waals surface area contributed by atoms with E-state index in [0.717, 1.165) is 16.5 Å². The second kappa shape index (κ2) is 5.46. The Hall–Kier alpha value is -2.14. The summed E-state index contributed by atoms with van der Waals surface area (Å²) in [6, 6.07) is 9.65. The number of nitrogens with zero attached hydrogens (tertiary/aromatic N) is 1. The van der Waals surface area contributed by atoms with Gasteiger partial charge in [-0.2, -0.15) is 0 Å². The zero-order valence-corrected chi connectivity index (χ0v) is 10.7. The number of anilines is 1. The second-order valence-corrected chi connectivity index (χ2v) is 4.67. The highest BCUT2D eigenvalue weighted by atomic mass is 32.1. The molecule has 0 spiro atoms. The first-order valence-electron chi connectivity index (χ1n) is 5.40. The maximum atomic E-state index is 11.2. The minimum absolute atomic E-state index is 0.00583. The molecule has 3 N–H and O–H groups in total. The zero-order valence-electron chi connectivity index (χ0n) is 9.88. The summed E-state index contributed by atoms with van der Waals surface area (Å²) in [5, 5.41) is 3.56. The third kappa shape index (κ3) is 2.95. The van der Waals surface area contributed by atoms with Crippen LogP contribution in [0, 0.1) is 6.92 Å². The normalized spacial score (nSPS) is 9.83. The van der Waals surface area contributed by atoms with Gasteiger partial charge in [0.05, 0.1) is 0 Å². The van der Waals surface area contributed by atoms with Crippen molar-refractivity contribution in [3.8, 4) is 0 Å². The Balaban J connectivity index is 0.000000169. The van der Waals surface area contributed by atoms with Crippen LogP contribution in [0.4, 0.5) is 5.13 Å². The molecule has 0 saturated heterocycles. The number of fused-ring (bicyclic) bond motifs is 1. The highest BCUT2D eigenvalue weighted by Gasteiger charge is 1.95. The van der Waals surface area contributed by atoms with E-state index in [9.17, 15) is 4.79 Å². The Bertz CT molecular complexity index is 689. The molecule has 0 bridgehead atoms. The average molecular weight is 259 g/mol. The number of H-pyrrole nitrogens is 1. The fourth-order valence-electron chi connectivity index (χ4n) is 1.49. The van der Waals surface area contributed by atoms with E-state index in [-0.39, 0.29) is 5.56 Å². The minimum atomic E-state index is -0.00583. The molecule has 0 amide bonds. The molecular formula is C13H13N3OS. The van der Waals surface area contributed by atoms with E-state index in [2.05, 4.69) is 9.97 Å². The number of aromatic amines is 1. The summed E-state index contributed by atoms with van der Waals surface area (Å²) in [7, 11) is 0. The number of para-hydroxylation sites is 1. The number of hydrogen-bond donors (Lipinski definition) is 2. The topological polar surface area (TPSA) is 71.8 Å². The first kappa shape index (κ1) is 12.3. The highest BCUT2D eigenvalue weighted by Crippen LogP contribution is 2.08. The zero-order chi connectivity index (χ0) is 13.0. The fraction of sp³-hybridized carbons (Fsp3) is 0.0769. The minimum Gasteiger partial charge on any atom is -0.375 e. The van der Waals surface area contributed by atoms with Gasteiger partial charge in [0, 0.05) is 22.7 Å². The third-order valence-electron chi connectivity index (χ3n) is 2.39. The maximum Gasteiger partial charge on any atom is 0.251 e. The van der Waals surface area contributed by atoms with E-state index in [4.69, 9.17) is 5.73 Å². The van der Waals surface area contributed by atoms with Crippen molar-refractivity contribution >= 4 is 27.4 Å². The molecule has 1 aromatic carbocycles. The molecule has 18 heavy (non-hydrogen) atoms. The van der Waals surface area contributed by atoms with Crippen LogP contribution in [0.3, 0.4) is 0 Å². The van der Waals surface area contributed by atoms with Gasteiger partial charge in [-0.25, -0.2) is 4.98 Å². The lowest BCUT2D eigenvalue weighted by Gasteiger charge is -1.97. The first-order chi connectivity index (χ1) is 8.66. The summed E-state index contributed by atoms with van der Waals surface area (Å²) in [5.41, 5.74) is 6.83. The molecule has 0 saturated carbocycles. The van der Waals surface area contributed by atoms with Crippen LogP contribution in [-0.4, -0.2) is 9.97 Å². The van der Waals surface area contributed by atoms with Gasteiger partial charge in [0.25, 0.3) is 5.56 Å². The van der Waals surface area contributed by atoms with Gasteiger partial charge in [-0.1, -0.05) is 18.2 Å². The molecule has 0 aliphatic rings. The molecule has 0 radical (unpaired) electrons. The summed E-state index contributed by atoms with van der Waals surface area (Å²) >= 11 is 1.44. The number of rotatable bonds is 0. The van der Waals surface area contributed by atoms with Gasteiger partial charge in [0.2, 0.25) is 0 Å². The molecule has 0 unspecified atom stereocenters. The van der Waals surface area contributed by atoms with Gasteiger partial charge in [0.1, 0.15) is 0 Å². The van der Waals surface area contributed by atoms with Crippen LogP contribution in [0.15, 0.2) is 46.7 Å². The monoisotopic (exact) mass is 259 g/mol. The number of aryl methyl sites for hydroxylation is 1. The summed E-state index contributed by atoms with van der Waals surface area (Å²) in [6.45, 7) is 1.81. The lowest BCUT2D eigenvalue weighted by atomic mass is 10.2. The fourth-order valence-corrected chi connectivity index (χ4v) is 1.87. The van der Waals surface area contributed by atoms with Crippen molar-refractivity contribution < 1.29 is 0 Å². The van der Waals surface area contributed by atoms with E-state index in [0.29, 0.717) is 5.13 Å². The molecule has 0 aliphatic heterocycles. The number of hydrogen-bond acceptors (Lipinski definition) is 4. The molecule has 4 nitrogen and oxygen atoms in total. The van der Waals surface area contributed by atoms with E-state index in [1.165, 1.54) is 11.3 Å². The Morgan fingerprint density at radius 2 is 2.11 bits per heavy atom. The summed E-state index contributed by atoms with van der Waals surface area (Å²) in [5.74, 6) is 0. The van der Waals surface area contributed by atoms with Gasteiger partial charge in [0.15, 0.2) is 5.13 Å². The quantitative estimate of drug-likeness (QED) is 0.651. The van der Waals surface area contributed by atoms with Crippen molar-refractivity contribution in [2.24, 2.45) is 0 Å². The predicted octanol–water partition coefficient (Wildman–Crippen LogP) is 2.56. The number of nitrogens with one attached hydrogen (secondary N) is 1. The largest absolute Gasteiger partial charge is 0.375 e. The van der Waals surface area contributed by atoms with Crippen molar-refractivity contribution in [1.82, 2.24) is 9.97 Å². The molecule has 92 valence electrons. The summed E-state index contributed by atoms with van der Waals surface area (Å²) < 4.78 is 0. The highest BCUT2D eigenvalue weighted by molar-refractivity contribution is 7.13. The number of pyridine rings is 1. The molecule has 3 aromatic rings. The standard InChI is InChI=1S/C10H9NO.C3H4N2S/c1-7-6-8-4-2-3-5-9(8)11-10(7)12;4-3-5-1-2-6-3/h2-6H,1H3,(H,11,12);1-2H,(H2,4,5). The summed E-state index contributed by atoms with van der Waals surface area (Å²) in [4.78, 5) is 17.7. The van der Waals surface area contributed by atoms with E-state index in [1.54, 1.807) is 6.20 Å². The van der Waals surface area contributed by atoms with Crippen LogP contribution >= 0.6 is 11.3 Å². The van der Waals surface area contributed by atoms with Gasteiger partial charge >= 0.3 is 0 Å². The molecule has 2 heterocycles. The van der Waals surface area contributed by atoms with Crippen LogP contribution in [0.5, 0.6) is 0 Å². The number of nitrogen functional groups attached to an aromatic ring is 1. The maximum absolute atomic E-state index is 11.2. The SMILES string of the molecule is Cc1cc2ccccc2[nH]c1=O.Nc1nccs1. The molecule has 5 heteroatoms. The van der Waals surface area contributed by atoms with E-state index in [1.807, 2.05) is 42.6 Å². The number of benzene rings is 1. The predicted molar refractivity (Wildman–Crippen MR) is 75.8 cm³/mol. The van der Waals surface area contributed by atoms with Crippen molar-refractivity contribution in [3.63, 3.8) is 0 Å². The molecule has 0 fully saturated rings. The Morgan fingerprint density at radius 3 is 2.72 bits per heavy atom. The first-order valence-corrected chi connectivity index (χ1v) is 6.28. The summed E-state index contributed by atoms with van der Waals surface area (Å²) in [6.07, 6.45) is 1.68. The van der Waals surface area contributed by atoms with Crippen LogP contribution in [0.1, 0.15) is 5.56 Å². The van der Waals surface area contributed by atoms with Crippen molar-refractivity contribution in [3.05, 3.63) is 57.8 Å². The van der Waals surface area contributed by atoms with Crippen LogP contribution < -0.4 is 11.3 Å². The number of nitrogens with two attached hydrogens (primary N) is 1. The number of aromatic nitrogens is 2. The van der Waals surface area contributed by atoms with Crippen molar-refractivity contribution in [2.75, 3.05) is 5.73 Å². The Morgan fingerprint density at radius 1 is 1.33 bits per heavy atom. The molecular weight excluding hydrogens is 246 g/mol. The van der Waals surface area contributed by atoms with E-state index < -0.39 is 0 Å². The van der Waals surface area contributed by atoms with Crippen LogP contribution in [-0.2, 0) is 0 Å². The lowest BCUT2D eigenvalue weighted by molar-refractivity contribution is 1.24. The van der Waals surface area contributed by atoms with Crippen molar-refractivity contribution in [1.29, 1.82) is 0 Å². The van der Waals surface area contributed by atoms with Gasteiger partial charge < -0.3 is 10.7 Å². The van der Waals surface area contributed by atoms with Crippen molar-refractivity contribution in [2.45, 2.75) is 6.92 Å². The van der Waals surface area contributed by atoms with Gasteiger partial charge in [-0.15, -0.1) is 11.3 Å². The molecule has 0 atom stereocenters. The molecule has 3 rings (SSSR count). The van der Waals surface area contributed by atoms with Crippen LogP contribution in [0.2, 0.25) is 0 Å². The lowest BCUT2D eigenvalue weighted by Crippen LogP contribution is -2.08. The molecule has 2 aromatic heterocycles. The third-order valence-corrected chi connectivity index (χ3v) is 3.00. The Kier molecular flexibility index (Phi) is 3.74. The average Bonchev–Trinajstić information content (AvgIpc) is 2.83. The number of thiazole rings is 1. The smallest absolute Gasteiger partial charge is 0.251 e. The van der Waals surface area contributed by atoms with Gasteiger partial charge in [-0.3, -0.25) is 4.79 Å². The van der Waals surface area contributed by atoms with Gasteiger partial charge in [-0.05, 0) is 24.4 Å². The molecule has 0 aliphatic carbocycles.